The van der Waals surface area contributed by atoms with E-state index in [1.807, 2.05) is 37.3 Å². The molecule has 1 fully saturated rings. The van der Waals surface area contributed by atoms with Crippen LogP contribution < -0.4 is 0 Å². The first-order valence-electron chi connectivity index (χ1n) is 7.45. The van der Waals surface area contributed by atoms with Gasteiger partial charge in [0.15, 0.2) is 0 Å². The molecule has 1 saturated heterocycles. The standard InChI is InChI=1S/C17H25NO3/c1-12-11-18(3)13(2)10-17(12,20)15(16(19)21-4)14-8-6-5-7-9-14/h5-9,12-13,15,20H,10-11H2,1-4H3/t12-,13-,15+,17-/m1/s1. The molecule has 1 aromatic carbocycles. The van der Waals surface area contributed by atoms with E-state index in [0.717, 1.165) is 12.1 Å². The molecule has 0 amide bonds. The van der Waals surface area contributed by atoms with E-state index < -0.39 is 11.5 Å². The van der Waals surface area contributed by atoms with Crippen LogP contribution in [-0.4, -0.2) is 48.3 Å². The second kappa shape index (κ2) is 6.16. The second-order valence-corrected chi connectivity index (χ2v) is 6.25. The van der Waals surface area contributed by atoms with E-state index in [-0.39, 0.29) is 17.9 Å². The topological polar surface area (TPSA) is 49.8 Å². The minimum Gasteiger partial charge on any atom is -0.468 e. The van der Waals surface area contributed by atoms with Crippen LogP contribution in [0.4, 0.5) is 0 Å². The van der Waals surface area contributed by atoms with Gasteiger partial charge in [0.05, 0.1) is 12.7 Å². The largest absolute Gasteiger partial charge is 0.468 e. The number of carbonyl (C=O) groups is 1. The van der Waals surface area contributed by atoms with Gasteiger partial charge in [0.1, 0.15) is 5.92 Å². The SMILES string of the molecule is COC(=O)[C@H](c1ccccc1)[C@@]1(O)C[C@@H](C)N(C)C[C@H]1C. The number of esters is 1. The Hall–Kier alpha value is -1.39. The maximum atomic E-state index is 12.4. The Morgan fingerprint density at radius 3 is 2.57 bits per heavy atom. The lowest BCUT2D eigenvalue weighted by Crippen LogP contribution is -2.57. The van der Waals surface area contributed by atoms with Gasteiger partial charge >= 0.3 is 5.97 Å². The summed E-state index contributed by atoms with van der Waals surface area (Å²) in [5.74, 6) is -1.02. The second-order valence-electron chi connectivity index (χ2n) is 6.25. The van der Waals surface area contributed by atoms with Crippen molar-refractivity contribution in [3.8, 4) is 0 Å². The first-order valence-corrected chi connectivity index (χ1v) is 7.45. The maximum Gasteiger partial charge on any atom is 0.316 e. The van der Waals surface area contributed by atoms with Gasteiger partial charge in [-0.05, 0) is 31.9 Å². The molecule has 1 aliphatic rings. The maximum absolute atomic E-state index is 12.4. The van der Waals surface area contributed by atoms with Crippen molar-refractivity contribution < 1.29 is 14.6 Å². The minimum atomic E-state index is -1.08. The van der Waals surface area contributed by atoms with Crippen LogP contribution in [0.1, 0.15) is 31.7 Å². The molecule has 1 aromatic rings. The summed E-state index contributed by atoms with van der Waals surface area (Å²) in [6.45, 7) is 4.84. The molecule has 116 valence electrons. The van der Waals surface area contributed by atoms with Gasteiger partial charge in [-0.25, -0.2) is 0 Å². The number of likely N-dealkylation sites (tertiary alicyclic amines) is 1. The van der Waals surface area contributed by atoms with E-state index in [4.69, 9.17) is 4.74 Å². The van der Waals surface area contributed by atoms with Crippen molar-refractivity contribution in [2.24, 2.45) is 5.92 Å². The highest BCUT2D eigenvalue weighted by Gasteiger charge is 2.50. The predicted molar refractivity (Wildman–Crippen MR) is 82.0 cm³/mol. The number of piperidine rings is 1. The zero-order chi connectivity index (χ0) is 15.6. The van der Waals surface area contributed by atoms with Crippen LogP contribution in [0.25, 0.3) is 0 Å². The molecule has 0 saturated carbocycles. The number of rotatable bonds is 3. The van der Waals surface area contributed by atoms with E-state index in [2.05, 4.69) is 18.9 Å². The lowest BCUT2D eigenvalue weighted by Gasteiger charge is -2.48. The smallest absolute Gasteiger partial charge is 0.316 e. The van der Waals surface area contributed by atoms with Crippen LogP contribution in [0, 0.1) is 5.92 Å². The Labute approximate surface area is 126 Å². The molecule has 1 N–H and O–H groups in total. The molecule has 4 nitrogen and oxygen atoms in total. The average Bonchev–Trinajstić information content (AvgIpc) is 2.46. The Morgan fingerprint density at radius 2 is 2.00 bits per heavy atom. The zero-order valence-corrected chi connectivity index (χ0v) is 13.2. The van der Waals surface area contributed by atoms with Crippen LogP contribution in [0.2, 0.25) is 0 Å². The van der Waals surface area contributed by atoms with Crippen LogP contribution in [0.5, 0.6) is 0 Å². The Kier molecular flexibility index (Phi) is 4.69. The van der Waals surface area contributed by atoms with Crippen molar-refractivity contribution in [3.05, 3.63) is 35.9 Å². The van der Waals surface area contributed by atoms with Gasteiger partial charge in [-0.1, -0.05) is 37.3 Å². The fraction of sp³-hybridized carbons (Fsp3) is 0.588. The number of benzene rings is 1. The molecule has 4 atom stereocenters. The highest BCUT2D eigenvalue weighted by molar-refractivity contribution is 5.79. The molecule has 1 heterocycles. The van der Waals surface area contributed by atoms with Gasteiger partial charge < -0.3 is 14.7 Å². The summed E-state index contributed by atoms with van der Waals surface area (Å²) in [5, 5.41) is 11.3. The van der Waals surface area contributed by atoms with E-state index in [1.54, 1.807) is 0 Å². The summed E-state index contributed by atoms with van der Waals surface area (Å²) >= 11 is 0. The normalized spacial score (nSPS) is 31.7. The summed E-state index contributed by atoms with van der Waals surface area (Å²) in [5.41, 5.74) is -0.268. The predicted octanol–water partition coefficient (Wildman–Crippen LogP) is 2.03. The van der Waals surface area contributed by atoms with Crippen molar-refractivity contribution in [3.63, 3.8) is 0 Å². The van der Waals surface area contributed by atoms with Gasteiger partial charge in [0.25, 0.3) is 0 Å². The summed E-state index contributed by atoms with van der Waals surface area (Å²) < 4.78 is 4.98. The first kappa shape index (κ1) is 16.0. The minimum absolute atomic E-state index is 0.0111. The summed E-state index contributed by atoms with van der Waals surface area (Å²) in [6.07, 6.45) is 0.555. The Balaban J connectivity index is 2.42. The average molecular weight is 291 g/mol. The third-order valence-corrected chi connectivity index (χ3v) is 4.86. The molecule has 0 aromatic heterocycles. The van der Waals surface area contributed by atoms with Crippen molar-refractivity contribution in [2.75, 3.05) is 20.7 Å². The first-order chi connectivity index (χ1) is 9.90. The van der Waals surface area contributed by atoms with E-state index in [0.29, 0.717) is 6.42 Å². The van der Waals surface area contributed by atoms with Gasteiger partial charge in [-0.15, -0.1) is 0 Å². The monoisotopic (exact) mass is 291 g/mol. The van der Waals surface area contributed by atoms with Gasteiger partial charge in [0.2, 0.25) is 0 Å². The third-order valence-electron chi connectivity index (χ3n) is 4.86. The molecular weight excluding hydrogens is 266 g/mol. The van der Waals surface area contributed by atoms with Gasteiger partial charge in [0, 0.05) is 12.6 Å². The fourth-order valence-electron chi connectivity index (χ4n) is 3.39. The van der Waals surface area contributed by atoms with Crippen LogP contribution in [0.3, 0.4) is 0 Å². The number of hydrogen-bond donors (Lipinski definition) is 1. The lowest BCUT2D eigenvalue weighted by atomic mass is 9.68. The Morgan fingerprint density at radius 1 is 1.38 bits per heavy atom. The molecule has 0 radical (unpaired) electrons. The van der Waals surface area contributed by atoms with E-state index in [1.165, 1.54) is 7.11 Å². The number of ether oxygens (including phenoxy) is 1. The summed E-state index contributed by atoms with van der Waals surface area (Å²) in [4.78, 5) is 14.6. The Bertz CT molecular complexity index is 490. The highest BCUT2D eigenvalue weighted by Crippen LogP contribution is 2.42. The molecule has 1 aliphatic heterocycles. The molecule has 0 spiro atoms. The molecular formula is C17H25NO3. The van der Waals surface area contributed by atoms with Crippen molar-refractivity contribution >= 4 is 5.97 Å². The third kappa shape index (κ3) is 2.97. The zero-order valence-electron chi connectivity index (χ0n) is 13.2. The molecule has 0 bridgehead atoms. The number of aliphatic hydroxyl groups is 1. The van der Waals surface area contributed by atoms with Gasteiger partial charge in [-0.2, -0.15) is 0 Å². The molecule has 4 heteroatoms. The van der Waals surface area contributed by atoms with E-state index in [9.17, 15) is 9.90 Å². The fourth-order valence-corrected chi connectivity index (χ4v) is 3.39. The lowest BCUT2D eigenvalue weighted by molar-refractivity contribution is -0.159. The van der Waals surface area contributed by atoms with Gasteiger partial charge in [-0.3, -0.25) is 4.79 Å². The highest BCUT2D eigenvalue weighted by atomic mass is 16.5. The molecule has 21 heavy (non-hydrogen) atoms. The van der Waals surface area contributed by atoms with Crippen LogP contribution in [0.15, 0.2) is 30.3 Å². The van der Waals surface area contributed by atoms with E-state index >= 15 is 0 Å². The number of methoxy groups -OCH3 is 1. The molecule has 2 rings (SSSR count). The quantitative estimate of drug-likeness (QED) is 0.866. The summed E-state index contributed by atoms with van der Waals surface area (Å²) in [7, 11) is 3.43. The number of nitrogens with zero attached hydrogens (tertiary/aromatic N) is 1. The molecule has 0 aliphatic carbocycles. The van der Waals surface area contributed by atoms with Crippen molar-refractivity contribution in [1.29, 1.82) is 0 Å². The number of carbonyl (C=O) groups excluding carboxylic acids is 1. The number of hydrogen-bond acceptors (Lipinski definition) is 4. The van der Waals surface area contributed by atoms with Crippen molar-refractivity contribution in [2.45, 2.75) is 37.8 Å². The van der Waals surface area contributed by atoms with Crippen molar-refractivity contribution in [1.82, 2.24) is 4.90 Å². The van der Waals surface area contributed by atoms with Crippen LogP contribution >= 0.6 is 0 Å². The molecule has 0 unspecified atom stereocenters. The summed E-state index contributed by atoms with van der Waals surface area (Å²) in [6, 6.07) is 9.67. The van der Waals surface area contributed by atoms with Crippen LogP contribution in [-0.2, 0) is 9.53 Å².